The first-order valence-electron chi connectivity index (χ1n) is 7.06. The zero-order valence-corrected chi connectivity index (χ0v) is 11.8. The number of aryl methyl sites for hydroxylation is 1. The maximum atomic E-state index is 12.1. The molecule has 7 nitrogen and oxygen atoms in total. The average molecular weight is 291 g/mol. The lowest BCUT2D eigenvalue weighted by molar-refractivity contribution is -0.136. The smallest absolute Gasteiger partial charge is 0.309 e. The third kappa shape index (κ3) is 2.44. The highest BCUT2D eigenvalue weighted by Gasteiger charge is 2.22. The summed E-state index contributed by atoms with van der Waals surface area (Å²) in [5, 5.41) is 13.3. The van der Waals surface area contributed by atoms with Gasteiger partial charge in [0.15, 0.2) is 0 Å². The van der Waals surface area contributed by atoms with Crippen molar-refractivity contribution < 1.29 is 14.6 Å². The Morgan fingerprint density at radius 3 is 2.95 bits per heavy atom. The van der Waals surface area contributed by atoms with E-state index in [9.17, 15) is 9.59 Å². The van der Waals surface area contributed by atoms with E-state index in [-0.39, 0.29) is 18.1 Å². The van der Waals surface area contributed by atoms with Crippen LogP contribution in [0.2, 0.25) is 0 Å². The van der Waals surface area contributed by atoms with Crippen LogP contribution in [0.25, 0.3) is 5.65 Å². The summed E-state index contributed by atoms with van der Waals surface area (Å²) in [6.45, 7) is 3.19. The van der Waals surface area contributed by atoms with E-state index in [0.717, 1.165) is 18.5 Å². The van der Waals surface area contributed by atoms with Crippen LogP contribution < -0.4 is 5.56 Å². The van der Waals surface area contributed by atoms with Gasteiger partial charge in [-0.15, -0.1) is 0 Å². The fourth-order valence-corrected chi connectivity index (χ4v) is 2.81. The lowest BCUT2D eigenvalue weighted by atomic mass is 10.2. The zero-order chi connectivity index (χ0) is 15.0. The van der Waals surface area contributed by atoms with Crippen LogP contribution in [0.4, 0.5) is 0 Å². The summed E-state index contributed by atoms with van der Waals surface area (Å²) < 4.78 is 8.73. The van der Waals surface area contributed by atoms with Gasteiger partial charge in [-0.05, 0) is 19.8 Å². The van der Waals surface area contributed by atoms with Crippen molar-refractivity contribution in [3.05, 3.63) is 33.9 Å². The summed E-state index contributed by atoms with van der Waals surface area (Å²) in [5.41, 5.74) is 1.53. The van der Waals surface area contributed by atoms with Crippen LogP contribution in [0.5, 0.6) is 0 Å². The van der Waals surface area contributed by atoms with E-state index < -0.39 is 5.97 Å². The van der Waals surface area contributed by atoms with Gasteiger partial charge in [-0.3, -0.25) is 9.59 Å². The number of carboxylic acid groups (broad SMARTS) is 1. The van der Waals surface area contributed by atoms with Crippen molar-refractivity contribution in [2.75, 3.05) is 6.61 Å². The number of rotatable bonds is 4. The van der Waals surface area contributed by atoms with Crippen LogP contribution in [0, 0.1) is 0 Å². The molecule has 0 aromatic carbocycles. The van der Waals surface area contributed by atoms with Gasteiger partial charge in [-0.1, -0.05) is 0 Å². The molecule has 2 aromatic rings. The SMILES string of the molecule is CCn1c(CC(=O)O)cc(=O)n2nc(C3CCCO3)cc12. The van der Waals surface area contributed by atoms with Crippen molar-refractivity contribution in [1.29, 1.82) is 0 Å². The predicted molar refractivity (Wildman–Crippen MR) is 74.4 cm³/mol. The first-order chi connectivity index (χ1) is 10.1. The van der Waals surface area contributed by atoms with Crippen LogP contribution >= 0.6 is 0 Å². The van der Waals surface area contributed by atoms with Crippen molar-refractivity contribution in [3.8, 4) is 0 Å². The molecule has 1 atom stereocenters. The molecule has 0 bridgehead atoms. The number of nitrogens with zero attached hydrogens (tertiary/aromatic N) is 3. The summed E-state index contributed by atoms with van der Waals surface area (Å²) >= 11 is 0. The topological polar surface area (TPSA) is 85.8 Å². The van der Waals surface area contributed by atoms with Crippen LogP contribution in [0.1, 0.15) is 37.3 Å². The number of carboxylic acids is 1. The third-order valence-corrected chi connectivity index (χ3v) is 3.74. The van der Waals surface area contributed by atoms with E-state index in [4.69, 9.17) is 9.84 Å². The molecule has 2 aromatic heterocycles. The molecule has 0 aliphatic carbocycles. The van der Waals surface area contributed by atoms with Crippen molar-refractivity contribution in [2.24, 2.45) is 0 Å². The standard InChI is InChI=1S/C14H17N3O4/c1-2-16-9(7-14(19)20)6-13(18)17-12(16)8-10(15-17)11-4-3-5-21-11/h6,8,11H,2-5,7H2,1H3,(H,19,20). The summed E-state index contributed by atoms with van der Waals surface area (Å²) in [6, 6.07) is 3.17. The molecule has 1 saturated heterocycles. The van der Waals surface area contributed by atoms with Gasteiger partial charge in [-0.2, -0.15) is 9.61 Å². The number of ether oxygens (including phenoxy) is 1. The van der Waals surface area contributed by atoms with Crippen molar-refractivity contribution in [1.82, 2.24) is 14.2 Å². The van der Waals surface area contributed by atoms with Crippen LogP contribution in [-0.4, -0.2) is 31.9 Å². The molecular formula is C14H17N3O4. The van der Waals surface area contributed by atoms with E-state index in [1.807, 2.05) is 13.0 Å². The molecule has 1 aliphatic rings. The lowest BCUT2D eigenvalue weighted by Crippen LogP contribution is -2.22. The monoisotopic (exact) mass is 291 g/mol. The maximum absolute atomic E-state index is 12.1. The Kier molecular flexibility index (Phi) is 3.50. The molecule has 0 saturated carbocycles. The Labute approximate surface area is 120 Å². The number of aromatic nitrogens is 3. The van der Waals surface area contributed by atoms with E-state index >= 15 is 0 Å². The Morgan fingerprint density at radius 1 is 1.52 bits per heavy atom. The zero-order valence-electron chi connectivity index (χ0n) is 11.8. The number of fused-ring (bicyclic) bond motifs is 1. The number of carbonyl (C=O) groups is 1. The summed E-state index contributed by atoms with van der Waals surface area (Å²) in [5.74, 6) is -0.959. The molecule has 0 amide bonds. The highest BCUT2D eigenvalue weighted by Crippen LogP contribution is 2.28. The molecular weight excluding hydrogens is 274 g/mol. The number of aliphatic carboxylic acids is 1. The third-order valence-electron chi connectivity index (χ3n) is 3.74. The van der Waals surface area contributed by atoms with Crippen LogP contribution in [0.15, 0.2) is 16.9 Å². The molecule has 1 unspecified atom stereocenters. The molecule has 1 fully saturated rings. The first-order valence-corrected chi connectivity index (χ1v) is 7.06. The summed E-state index contributed by atoms with van der Waals surface area (Å²) in [7, 11) is 0. The second kappa shape index (κ2) is 5.33. The molecule has 7 heteroatoms. The Bertz CT molecular complexity index is 740. The Morgan fingerprint density at radius 2 is 2.33 bits per heavy atom. The largest absolute Gasteiger partial charge is 0.481 e. The van der Waals surface area contributed by atoms with Gasteiger partial charge in [0.25, 0.3) is 5.56 Å². The van der Waals surface area contributed by atoms with Gasteiger partial charge >= 0.3 is 5.97 Å². The molecule has 0 radical (unpaired) electrons. The van der Waals surface area contributed by atoms with E-state index in [1.165, 1.54) is 10.6 Å². The van der Waals surface area contributed by atoms with E-state index in [0.29, 0.717) is 24.5 Å². The second-order valence-electron chi connectivity index (χ2n) is 5.13. The van der Waals surface area contributed by atoms with Gasteiger partial charge in [0.1, 0.15) is 11.8 Å². The first kappa shape index (κ1) is 13.8. The Balaban J connectivity index is 2.16. The molecule has 3 heterocycles. The molecule has 0 spiro atoms. The maximum Gasteiger partial charge on any atom is 0.309 e. The van der Waals surface area contributed by atoms with E-state index in [1.54, 1.807) is 4.57 Å². The van der Waals surface area contributed by atoms with Gasteiger partial charge in [0.2, 0.25) is 0 Å². The molecule has 3 rings (SSSR count). The normalized spacial score (nSPS) is 18.4. The van der Waals surface area contributed by atoms with Gasteiger partial charge in [0.05, 0.1) is 12.1 Å². The average Bonchev–Trinajstić information content (AvgIpc) is 3.07. The van der Waals surface area contributed by atoms with Crippen molar-refractivity contribution in [3.63, 3.8) is 0 Å². The van der Waals surface area contributed by atoms with Gasteiger partial charge < -0.3 is 14.4 Å². The summed E-state index contributed by atoms with van der Waals surface area (Å²) in [4.78, 5) is 23.1. The molecule has 1 aliphatic heterocycles. The van der Waals surface area contributed by atoms with Crippen molar-refractivity contribution in [2.45, 2.75) is 38.8 Å². The number of hydrogen-bond donors (Lipinski definition) is 1. The van der Waals surface area contributed by atoms with E-state index in [2.05, 4.69) is 5.10 Å². The minimum Gasteiger partial charge on any atom is -0.481 e. The Hall–Kier alpha value is -2.15. The van der Waals surface area contributed by atoms with Crippen molar-refractivity contribution >= 4 is 11.6 Å². The fourth-order valence-electron chi connectivity index (χ4n) is 2.81. The van der Waals surface area contributed by atoms with Gasteiger partial charge in [-0.25, -0.2) is 0 Å². The predicted octanol–water partition coefficient (Wildman–Crippen LogP) is 0.994. The number of hydrogen-bond acceptors (Lipinski definition) is 4. The van der Waals surface area contributed by atoms with Gasteiger partial charge in [0, 0.05) is 31.0 Å². The van der Waals surface area contributed by atoms with Crippen LogP contribution in [-0.2, 0) is 22.5 Å². The molecule has 21 heavy (non-hydrogen) atoms. The molecule has 112 valence electrons. The highest BCUT2D eigenvalue weighted by molar-refractivity contribution is 5.69. The second-order valence-corrected chi connectivity index (χ2v) is 5.13. The lowest BCUT2D eigenvalue weighted by Gasteiger charge is -2.11. The minimum atomic E-state index is -0.959. The molecule has 1 N–H and O–H groups in total. The minimum absolute atomic E-state index is 0.0717. The summed E-state index contributed by atoms with van der Waals surface area (Å²) in [6.07, 6.45) is 1.63. The fraction of sp³-hybridized carbons (Fsp3) is 0.500. The quantitative estimate of drug-likeness (QED) is 0.908. The van der Waals surface area contributed by atoms with Crippen LogP contribution in [0.3, 0.4) is 0 Å². The highest BCUT2D eigenvalue weighted by atomic mass is 16.5.